The molecule has 0 aliphatic carbocycles. The lowest BCUT2D eigenvalue weighted by atomic mass is 10.2. The number of amides is 1. The summed E-state index contributed by atoms with van der Waals surface area (Å²) in [5, 5.41) is 15.9. The van der Waals surface area contributed by atoms with Gasteiger partial charge in [-0.05, 0) is 12.1 Å². The Bertz CT molecular complexity index is 969. The molecule has 3 aromatic rings. The van der Waals surface area contributed by atoms with Crippen LogP contribution in [0.2, 0.25) is 0 Å². The van der Waals surface area contributed by atoms with Crippen LogP contribution in [0.5, 0.6) is 0 Å². The molecule has 0 bridgehead atoms. The van der Waals surface area contributed by atoms with Crippen molar-refractivity contribution >= 4 is 23.2 Å². The van der Waals surface area contributed by atoms with E-state index in [1.807, 2.05) is 36.5 Å². The van der Waals surface area contributed by atoms with Crippen LogP contribution in [-0.2, 0) is 9.53 Å². The molecule has 0 radical (unpaired) electrons. The number of carboxylic acids is 1. The number of hydrogen-bond acceptors (Lipinski definition) is 6. The van der Waals surface area contributed by atoms with E-state index in [1.165, 1.54) is 16.2 Å². The number of morpholine rings is 1. The number of para-hydroxylation sites is 1. The molecule has 138 valence electrons. The van der Waals surface area contributed by atoms with Gasteiger partial charge in [-0.1, -0.05) is 18.2 Å². The number of aromatic nitrogens is 3. The minimum absolute atomic E-state index is 0.0120. The first-order valence-corrected chi connectivity index (χ1v) is 9.19. The van der Waals surface area contributed by atoms with Gasteiger partial charge in [-0.15, -0.1) is 11.3 Å². The number of ether oxygens (including phenoxy) is 1. The van der Waals surface area contributed by atoms with Crippen LogP contribution in [0.3, 0.4) is 0 Å². The van der Waals surface area contributed by atoms with Crippen LogP contribution < -0.4 is 0 Å². The van der Waals surface area contributed by atoms with Crippen molar-refractivity contribution in [1.82, 2.24) is 19.7 Å². The first kappa shape index (κ1) is 17.4. The van der Waals surface area contributed by atoms with Crippen LogP contribution in [0.4, 0.5) is 0 Å². The smallest absolute Gasteiger partial charge is 0.328 e. The fourth-order valence-electron chi connectivity index (χ4n) is 2.86. The van der Waals surface area contributed by atoms with Crippen LogP contribution in [0.25, 0.3) is 16.3 Å². The summed E-state index contributed by atoms with van der Waals surface area (Å²) in [7, 11) is 0. The highest BCUT2D eigenvalue weighted by molar-refractivity contribution is 7.13. The lowest BCUT2D eigenvalue weighted by molar-refractivity contribution is -0.147. The fourth-order valence-corrected chi connectivity index (χ4v) is 3.63. The van der Waals surface area contributed by atoms with E-state index in [9.17, 15) is 14.7 Å². The Morgan fingerprint density at radius 1 is 1.26 bits per heavy atom. The van der Waals surface area contributed by atoms with Crippen LogP contribution in [0, 0.1) is 0 Å². The molecule has 2 aromatic heterocycles. The van der Waals surface area contributed by atoms with E-state index in [2.05, 4.69) is 10.1 Å². The van der Waals surface area contributed by atoms with Crippen molar-refractivity contribution in [1.29, 1.82) is 0 Å². The maximum atomic E-state index is 12.7. The number of rotatable bonds is 4. The second kappa shape index (κ2) is 7.29. The number of benzene rings is 1. The van der Waals surface area contributed by atoms with E-state index < -0.39 is 17.9 Å². The number of hydrogen-bond donors (Lipinski definition) is 1. The Kier molecular flexibility index (Phi) is 4.69. The van der Waals surface area contributed by atoms with Crippen molar-refractivity contribution < 1.29 is 19.4 Å². The molecule has 1 amide bonds. The third-order valence-electron chi connectivity index (χ3n) is 4.25. The monoisotopic (exact) mass is 384 g/mol. The molecule has 27 heavy (non-hydrogen) atoms. The first-order chi connectivity index (χ1) is 13.1. The van der Waals surface area contributed by atoms with Gasteiger partial charge in [-0.2, -0.15) is 5.10 Å². The maximum absolute atomic E-state index is 12.7. The van der Waals surface area contributed by atoms with Crippen molar-refractivity contribution in [2.75, 3.05) is 19.8 Å². The molecule has 4 rings (SSSR count). The molecule has 1 aliphatic rings. The van der Waals surface area contributed by atoms with Gasteiger partial charge in [0.15, 0.2) is 6.04 Å². The van der Waals surface area contributed by atoms with Crippen molar-refractivity contribution in [3.8, 4) is 16.3 Å². The molecule has 1 N–H and O–H groups in total. The molecular weight excluding hydrogens is 368 g/mol. The normalized spacial score (nSPS) is 17.0. The Balaban J connectivity index is 1.56. The zero-order valence-electron chi connectivity index (χ0n) is 14.2. The van der Waals surface area contributed by atoms with Crippen molar-refractivity contribution in [3.63, 3.8) is 0 Å². The molecule has 1 atom stereocenters. The highest BCUT2D eigenvalue weighted by atomic mass is 32.1. The second-order valence-corrected chi connectivity index (χ2v) is 6.83. The lowest BCUT2D eigenvalue weighted by Gasteiger charge is -2.32. The number of carboxylic acid groups (broad SMARTS) is 1. The van der Waals surface area contributed by atoms with Crippen LogP contribution in [0.1, 0.15) is 10.5 Å². The topological polar surface area (TPSA) is 97.5 Å². The molecule has 0 spiro atoms. The van der Waals surface area contributed by atoms with Crippen molar-refractivity contribution in [2.24, 2.45) is 0 Å². The molecular formula is C18H16N4O4S. The molecule has 1 fully saturated rings. The summed E-state index contributed by atoms with van der Waals surface area (Å²) in [6.07, 6.45) is 3.53. The third kappa shape index (κ3) is 3.46. The number of carbonyl (C=O) groups is 2. The van der Waals surface area contributed by atoms with E-state index in [-0.39, 0.29) is 18.8 Å². The van der Waals surface area contributed by atoms with E-state index >= 15 is 0 Å². The van der Waals surface area contributed by atoms with Gasteiger partial charge in [0, 0.05) is 23.7 Å². The Labute approximate surface area is 158 Å². The number of nitrogens with zero attached hydrogens (tertiary/aromatic N) is 4. The van der Waals surface area contributed by atoms with Crippen LogP contribution >= 0.6 is 11.3 Å². The molecule has 9 heteroatoms. The highest BCUT2D eigenvalue weighted by Crippen LogP contribution is 2.25. The van der Waals surface area contributed by atoms with Gasteiger partial charge >= 0.3 is 5.97 Å². The Hall–Kier alpha value is -3.04. The predicted octanol–water partition coefficient (Wildman–Crippen LogP) is 1.92. The largest absolute Gasteiger partial charge is 0.480 e. The van der Waals surface area contributed by atoms with Gasteiger partial charge < -0.3 is 14.7 Å². The SMILES string of the molecule is O=C(O)C1COCCN1C(=O)c1csc(-c2cnn(-c3ccccc3)c2)n1. The Morgan fingerprint density at radius 2 is 2.07 bits per heavy atom. The van der Waals surface area contributed by atoms with Gasteiger partial charge in [0.25, 0.3) is 5.91 Å². The van der Waals surface area contributed by atoms with Gasteiger partial charge in [0.1, 0.15) is 10.7 Å². The van der Waals surface area contributed by atoms with Gasteiger partial charge in [0.2, 0.25) is 0 Å². The van der Waals surface area contributed by atoms with E-state index in [1.54, 1.807) is 16.3 Å². The highest BCUT2D eigenvalue weighted by Gasteiger charge is 2.34. The fraction of sp³-hybridized carbons (Fsp3) is 0.222. The number of carbonyl (C=O) groups excluding carboxylic acids is 1. The van der Waals surface area contributed by atoms with E-state index in [0.29, 0.717) is 11.6 Å². The molecule has 1 unspecified atom stereocenters. The summed E-state index contributed by atoms with van der Waals surface area (Å²) in [4.78, 5) is 29.8. The van der Waals surface area contributed by atoms with Gasteiger partial charge in [0.05, 0.1) is 25.1 Å². The molecule has 3 heterocycles. The van der Waals surface area contributed by atoms with E-state index in [4.69, 9.17) is 4.74 Å². The second-order valence-electron chi connectivity index (χ2n) is 5.97. The summed E-state index contributed by atoms with van der Waals surface area (Å²) in [6, 6.07) is 8.69. The third-order valence-corrected chi connectivity index (χ3v) is 5.14. The molecule has 1 saturated heterocycles. The standard InChI is InChI=1S/C18H16N4O4S/c23-17(21-6-7-26-10-15(21)18(24)25)14-11-27-16(20-14)12-8-19-22(9-12)13-4-2-1-3-5-13/h1-5,8-9,11,15H,6-7,10H2,(H,24,25). The maximum Gasteiger partial charge on any atom is 0.328 e. The molecule has 1 aromatic carbocycles. The van der Waals surface area contributed by atoms with Gasteiger partial charge in [-0.25, -0.2) is 14.5 Å². The summed E-state index contributed by atoms with van der Waals surface area (Å²) >= 11 is 1.32. The van der Waals surface area contributed by atoms with Crippen LogP contribution in [-0.4, -0.2) is 62.4 Å². The van der Waals surface area contributed by atoms with E-state index in [0.717, 1.165) is 11.3 Å². The molecule has 0 saturated carbocycles. The average Bonchev–Trinajstić information content (AvgIpc) is 3.37. The Morgan fingerprint density at radius 3 is 2.85 bits per heavy atom. The molecule has 8 nitrogen and oxygen atoms in total. The average molecular weight is 384 g/mol. The predicted molar refractivity (Wildman–Crippen MR) is 98.0 cm³/mol. The van der Waals surface area contributed by atoms with Crippen LogP contribution in [0.15, 0.2) is 48.1 Å². The minimum Gasteiger partial charge on any atom is -0.480 e. The lowest BCUT2D eigenvalue weighted by Crippen LogP contribution is -2.52. The summed E-state index contributed by atoms with van der Waals surface area (Å²) < 4.78 is 6.91. The first-order valence-electron chi connectivity index (χ1n) is 8.31. The number of thiazole rings is 1. The summed E-state index contributed by atoms with van der Waals surface area (Å²) in [6.45, 7) is 0.535. The quantitative estimate of drug-likeness (QED) is 0.738. The minimum atomic E-state index is -1.08. The zero-order valence-corrected chi connectivity index (χ0v) is 15.0. The summed E-state index contributed by atoms with van der Waals surface area (Å²) in [5.74, 6) is -1.48. The van der Waals surface area contributed by atoms with Crippen molar-refractivity contribution in [2.45, 2.75) is 6.04 Å². The number of aliphatic carboxylic acids is 1. The zero-order chi connectivity index (χ0) is 18.8. The molecule has 1 aliphatic heterocycles. The summed E-state index contributed by atoms with van der Waals surface area (Å²) in [5.41, 5.74) is 1.95. The van der Waals surface area contributed by atoms with Crippen molar-refractivity contribution in [3.05, 3.63) is 53.8 Å². The van der Waals surface area contributed by atoms with Gasteiger partial charge in [-0.3, -0.25) is 4.79 Å².